The standard InChI is InChI=1S/C13H15BrN4O/c1-2-9-6-16-12(19-9)7-15-11-5-10(14)17-13(18-11)8-3-4-8/h5-6,8H,2-4,7H2,1H3,(H,15,17,18). The van der Waals surface area contributed by atoms with E-state index in [1.807, 2.05) is 13.0 Å². The number of nitrogens with one attached hydrogen (secondary N) is 1. The first-order chi connectivity index (χ1) is 9.24. The zero-order chi connectivity index (χ0) is 13.2. The second-order valence-electron chi connectivity index (χ2n) is 4.64. The van der Waals surface area contributed by atoms with Gasteiger partial charge in [0.25, 0.3) is 0 Å². The molecule has 0 amide bonds. The van der Waals surface area contributed by atoms with Gasteiger partial charge in [0.1, 0.15) is 22.0 Å². The molecule has 0 aliphatic heterocycles. The highest BCUT2D eigenvalue weighted by Gasteiger charge is 2.27. The number of aromatic nitrogens is 3. The molecule has 0 saturated heterocycles. The van der Waals surface area contributed by atoms with E-state index in [-0.39, 0.29) is 0 Å². The van der Waals surface area contributed by atoms with Gasteiger partial charge in [-0.2, -0.15) is 0 Å². The molecule has 6 heteroatoms. The molecule has 1 N–H and O–H groups in total. The normalized spacial score (nSPS) is 14.6. The van der Waals surface area contributed by atoms with Crippen LogP contribution in [-0.4, -0.2) is 15.0 Å². The smallest absolute Gasteiger partial charge is 0.213 e. The SMILES string of the molecule is CCc1cnc(CNc2cc(Br)nc(C3CC3)n2)o1. The third kappa shape index (κ3) is 3.12. The van der Waals surface area contributed by atoms with Gasteiger partial charge in [-0.1, -0.05) is 6.92 Å². The molecule has 1 aliphatic carbocycles. The van der Waals surface area contributed by atoms with E-state index in [0.29, 0.717) is 18.4 Å². The van der Waals surface area contributed by atoms with Gasteiger partial charge in [0.05, 0.1) is 12.7 Å². The van der Waals surface area contributed by atoms with Crippen LogP contribution >= 0.6 is 15.9 Å². The summed E-state index contributed by atoms with van der Waals surface area (Å²) in [5, 5.41) is 3.22. The Labute approximate surface area is 120 Å². The van der Waals surface area contributed by atoms with Crippen molar-refractivity contribution in [3.05, 3.63) is 34.3 Å². The van der Waals surface area contributed by atoms with E-state index in [9.17, 15) is 0 Å². The quantitative estimate of drug-likeness (QED) is 0.856. The second kappa shape index (κ2) is 5.28. The predicted molar refractivity (Wildman–Crippen MR) is 74.9 cm³/mol. The van der Waals surface area contributed by atoms with Gasteiger partial charge in [-0.05, 0) is 28.8 Å². The van der Waals surface area contributed by atoms with Gasteiger partial charge in [0.15, 0.2) is 0 Å². The summed E-state index contributed by atoms with van der Waals surface area (Å²) in [4.78, 5) is 13.1. The van der Waals surface area contributed by atoms with Crippen molar-refractivity contribution in [1.29, 1.82) is 0 Å². The lowest BCUT2D eigenvalue weighted by Gasteiger charge is -2.05. The first-order valence-corrected chi connectivity index (χ1v) is 7.26. The Balaban J connectivity index is 1.68. The molecule has 0 radical (unpaired) electrons. The Morgan fingerprint density at radius 3 is 2.95 bits per heavy atom. The molecular formula is C13H15BrN4O. The average Bonchev–Trinajstić information content (AvgIpc) is 3.15. The molecule has 0 bridgehead atoms. The van der Waals surface area contributed by atoms with Gasteiger partial charge in [-0.25, -0.2) is 15.0 Å². The van der Waals surface area contributed by atoms with Crippen molar-refractivity contribution >= 4 is 21.7 Å². The highest BCUT2D eigenvalue weighted by atomic mass is 79.9. The number of oxazole rings is 1. The van der Waals surface area contributed by atoms with Crippen molar-refractivity contribution in [2.75, 3.05) is 5.32 Å². The van der Waals surface area contributed by atoms with Crippen LogP contribution in [0, 0.1) is 0 Å². The average molecular weight is 323 g/mol. The summed E-state index contributed by atoms with van der Waals surface area (Å²) in [6.07, 6.45) is 5.01. The first-order valence-electron chi connectivity index (χ1n) is 6.46. The van der Waals surface area contributed by atoms with E-state index in [4.69, 9.17) is 4.42 Å². The van der Waals surface area contributed by atoms with E-state index < -0.39 is 0 Å². The minimum absolute atomic E-state index is 0.534. The summed E-state index contributed by atoms with van der Waals surface area (Å²) in [5.41, 5.74) is 0. The van der Waals surface area contributed by atoms with Crippen LogP contribution in [0.3, 0.4) is 0 Å². The fraction of sp³-hybridized carbons (Fsp3) is 0.462. The van der Waals surface area contributed by atoms with Crippen molar-refractivity contribution in [3.63, 3.8) is 0 Å². The van der Waals surface area contributed by atoms with Crippen LogP contribution in [0.5, 0.6) is 0 Å². The highest BCUT2D eigenvalue weighted by molar-refractivity contribution is 9.10. The maximum Gasteiger partial charge on any atom is 0.213 e. The largest absolute Gasteiger partial charge is 0.444 e. The van der Waals surface area contributed by atoms with Crippen LogP contribution in [0.15, 0.2) is 21.3 Å². The third-order valence-corrected chi connectivity index (χ3v) is 3.43. The molecule has 0 spiro atoms. The molecule has 100 valence electrons. The van der Waals surface area contributed by atoms with E-state index in [1.54, 1.807) is 6.20 Å². The van der Waals surface area contributed by atoms with Gasteiger partial charge >= 0.3 is 0 Å². The number of rotatable bonds is 5. The van der Waals surface area contributed by atoms with Crippen LogP contribution in [0.4, 0.5) is 5.82 Å². The number of nitrogens with zero attached hydrogens (tertiary/aromatic N) is 3. The van der Waals surface area contributed by atoms with Crippen LogP contribution in [-0.2, 0) is 13.0 Å². The fourth-order valence-electron chi connectivity index (χ4n) is 1.81. The summed E-state index contributed by atoms with van der Waals surface area (Å²) in [7, 11) is 0. The lowest BCUT2D eigenvalue weighted by molar-refractivity contribution is 0.465. The van der Waals surface area contributed by atoms with Gasteiger partial charge in [0.2, 0.25) is 5.89 Å². The van der Waals surface area contributed by atoms with Crippen LogP contribution in [0.2, 0.25) is 0 Å². The lowest BCUT2D eigenvalue weighted by atomic mass is 10.4. The molecule has 2 aromatic heterocycles. The predicted octanol–water partition coefficient (Wildman–Crippen LogP) is 3.28. The molecule has 1 saturated carbocycles. The van der Waals surface area contributed by atoms with Crippen LogP contribution < -0.4 is 5.32 Å². The molecular weight excluding hydrogens is 308 g/mol. The second-order valence-corrected chi connectivity index (χ2v) is 5.45. The Bertz CT molecular complexity index is 580. The molecule has 5 nitrogen and oxygen atoms in total. The summed E-state index contributed by atoms with van der Waals surface area (Å²) in [6, 6.07) is 1.87. The number of aryl methyl sites for hydroxylation is 1. The fourth-order valence-corrected chi connectivity index (χ4v) is 2.21. The topological polar surface area (TPSA) is 63.8 Å². The molecule has 2 aromatic rings. The van der Waals surface area contributed by atoms with Gasteiger partial charge in [0, 0.05) is 18.4 Å². The first kappa shape index (κ1) is 12.6. The Kier molecular flexibility index (Phi) is 3.50. The van der Waals surface area contributed by atoms with Crippen molar-refractivity contribution in [1.82, 2.24) is 15.0 Å². The summed E-state index contributed by atoms with van der Waals surface area (Å²) in [6.45, 7) is 2.58. The number of hydrogen-bond donors (Lipinski definition) is 1. The van der Waals surface area contributed by atoms with Gasteiger partial charge in [-0.3, -0.25) is 0 Å². The monoisotopic (exact) mass is 322 g/mol. The van der Waals surface area contributed by atoms with Crippen LogP contribution in [0.25, 0.3) is 0 Å². The van der Waals surface area contributed by atoms with E-state index >= 15 is 0 Å². The lowest BCUT2D eigenvalue weighted by Crippen LogP contribution is -2.04. The minimum atomic E-state index is 0.534. The van der Waals surface area contributed by atoms with Crippen molar-refractivity contribution in [2.45, 2.75) is 38.6 Å². The van der Waals surface area contributed by atoms with Crippen molar-refractivity contribution in [3.8, 4) is 0 Å². The zero-order valence-corrected chi connectivity index (χ0v) is 12.3. The van der Waals surface area contributed by atoms with Crippen molar-refractivity contribution in [2.24, 2.45) is 0 Å². The highest BCUT2D eigenvalue weighted by Crippen LogP contribution is 2.38. The molecule has 1 aliphatic rings. The van der Waals surface area contributed by atoms with Crippen molar-refractivity contribution < 1.29 is 4.42 Å². The summed E-state index contributed by atoms with van der Waals surface area (Å²) < 4.78 is 6.36. The molecule has 2 heterocycles. The maximum absolute atomic E-state index is 5.55. The number of halogens is 1. The Morgan fingerprint density at radius 2 is 2.26 bits per heavy atom. The number of anilines is 1. The van der Waals surface area contributed by atoms with E-state index in [2.05, 4.69) is 36.2 Å². The van der Waals surface area contributed by atoms with E-state index in [0.717, 1.165) is 28.4 Å². The van der Waals surface area contributed by atoms with E-state index in [1.165, 1.54) is 12.8 Å². The zero-order valence-electron chi connectivity index (χ0n) is 10.7. The minimum Gasteiger partial charge on any atom is -0.444 e. The van der Waals surface area contributed by atoms with Gasteiger partial charge in [-0.15, -0.1) is 0 Å². The maximum atomic E-state index is 5.55. The molecule has 3 rings (SSSR count). The molecule has 0 aromatic carbocycles. The van der Waals surface area contributed by atoms with Crippen LogP contribution in [0.1, 0.15) is 43.2 Å². The molecule has 0 atom stereocenters. The Morgan fingerprint density at radius 1 is 1.42 bits per heavy atom. The number of hydrogen-bond acceptors (Lipinski definition) is 5. The molecule has 0 unspecified atom stereocenters. The third-order valence-electron chi connectivity index (χ3n) is 3.03. The summed E-state index contributed by atoms with van der Waals surface area (Å²) >= 11 is 3.42. The molecule has 1 fully saturated rings. The molecule has 19 heavy (non-hydrogen) atoms. The summed E-state index contributed by atoms with van der Waals surface area (Å²) in [5.74, 6) is 3.84. The van der Waals surface area contributed by atoms with Gasteiger partial charge < -0.3 is 9.73 Å². The Hall–Kier alpha value is -1.43.